The number of carbonyl (C=O) groups excluding carboxylic acids is 1. The van der Waals surface area contributed by atoms with Crippen molar-refractivity contribution < 1.29 is 9.18 Å². The Hall–Kier alpha value is -2.95. The maximum Gasteiger partial charge on any atom is 0.244 e. The molecule has 0 unspecified atom stereocenters. The summed E-state index contributed by atoms with van der Waals surface area (Å²) in [6, 6.07) is 12.4. The third-order valence-electron chi connectivity index (χ3n) is 3.66. The number of H-pyrrole nitrogens is 1. The van der Waals surface area contributed by atoms with E-state index in [1.54, 1.807) is 12.1 Å². The fraction of sp³-hybridized carbons (Fsp3) is 0.158. The molecule has 0 radical (unpaired) electrons. The highest BCUT2D eigenvalue weighted by Crippen LogP contribution is 2.13. The number of amides is 1. The molecule has 0 aliphatic heterocycles. The summed E-state index contributed by atoms with van der Waals surface area (Å²) in [5.41, 5.74) is 3.55. The minimum atomic E-state index is -0.299. The van der Waals surface area contributed by atoms with Crippen LogP contribution in [-0.4, -0.2) is 22.4 Å². The lowest BCUT2D eigenvalue weighted by molar-refractivity contribution is -0.116. The topological polar surface area (TPSA) is 57.8 Å². The van der Waals surface area contributed by atoms with E-state index in [-0.39, 0.29) is 11.7 Å². The van der Waals surface area contributed by atoms with Crippen LogP contribution in [0.2, 0.25) is 0 Å². The molecule has 0 bridgehead atoms. The van der Waals surface area contributed by atoms with Crippen LogP contribution in [0.4, 0.5) is 4.39 Å². The van der Waals surface area contributed by atoms with Crippen LogP contribution in [-0.2, 0) is 11.2 Å². The molecule has 5 heteroatoms. The lowest BCUT2D eigenvalue weighted by Crippen LogP contribution is -2.23. The van der Waals surface area contributed by atoms with Crippen molar-refractivity contribution in [2.45, 2.75) is 13.3 Å². The number of imidazole rings is 1. The van der Waals surface area contributed by atoms with E-state index in [9.17, 15) is 9.18 Å². The van der Waals surface area contributed by atoms with E-state index < -0.39 is 0 Å². The summed E-state index contributed by atoms with van der Waals surface area (Å²) in [5, 5.41) is 2.81. The zero-order valence-electron chi connectivity index (χ0n) is 13.3. The molecule has 2 N–H and O–H groups in total. The second-order valence-electron chi connectivity index (χ2n) is 5.63. The Labute approximate surface area is 139 Å². The minimum absolute atomic E-state index is 0.155. The van der Waals surface area contributed by atoms with Gasteiger partial charge < -0.3 is 10.3 Å². The molecule has 0 saturated heterocycles. The third-order valence-corrected chi connectivity index (χ3v) is 3.66. The minimum Gasteiger partial charge on any atom is -0.352 e. The van der Waals surface area contributed by atoms with Crippen LogP contribution in [0.25, 0.3) is 17.1 Å². The molecule has 1 amide bonds. The number of aromatic nitrogens is 2. The Balaban J connectivity index is 1.51. The zero-order valence-corrected chi connectivity index (χ0v) is 13.3. The predicted octanol–water partition coefficient (Wildman–Crippen LogP) is 3.38. The van der Waals surface area contributed by atoms with Crippen LogP contribution < -0.4 is 5.32 Å². The van der Waals surface area contributed by atoms with Gasteiger partial charge in [-0.15, -0.1) is 0 Å². The lowest BCUT2D eigenvalue weighted by Gasteiger charge is -2.00. The van der Waals surface area contributed by atoms with Crippen LogP contribution >= 0.6 is 0 Å². The number of hydrogen-bond acceptors (Lipinski definition) is 2. The van der Waals surface area contributed by atoms with Crippen LogP contribution in [0.1, 0.15) is 17.0 Å². The van der Waals surface area contributed by atoms with Crippen LogP contribution in [0.3, 0.4) is 0 Å². The molecule has 1 heterocycles. The van der Waals surface area contributed by atoms with Crippen molar-refractivity contribution in [2.75, 3.05) is 6.54 Å². The van der Waals surface area contributed by atoms with E-state index in [0.29, 0.717) is 18.5 Å². The first kappa shape index (κ1) is 15.9. The fourth-order valence-electron chi connectivity index (χ4n) is 2.37. The molecule has 0 saturated carbocycles. The van der Waals surface area contributed by atoms with E-state index in [1.165, 1.54) is 23.8 Å². The second-order valence-corrected chi connectivity index (χ2v) is 5.63. The monoisotopic (exact) mass is 323 g/mol. The SMILES string of the molecule is Cc1ccc(/C=C/C(=O)NCCc2nc3ccc(F)cc3[nH]2)cc1. The molecule has 1 aromatic heterocycles. The van der Waals surface area contributed by atoms with Crippen molar-refractivity contribution in [3.63, 3.8) is 0 Å². The Morgan fingerprint density at radius 1 is 1.25 bits per heavy atom. The first-order chi connectivity index (χ1) is 11.6. The maximum absolute atomic E-state index is 13.1. The Bertz CT molecular complexity index is 881. The number of nitrogens with zero attached hydrogens (tertiary/aromatic N) is 1. The molecule has 0 aliphatic carbocycles. The first-order valence-electron chi connectivity index (χ1n) is 7.77. The van der Waals surface area contributed by atoms with Gasteiger partial charge in [-0.3, -0.25) is 4.79 Å². The first-order valence-corrected chi connectivity index (χ1v) is 7.77. The smallest absolute Gasteiger partial charge is 0.244 e. The highest BCUT2D eigenvalue weighted by Gasteiger charge is 2.04. The average molecular weight is 323 g/mol. The number of fused-ring (bicyclic) bond motifs is 1. The Morgan fingerprint density at radius 3 is 2.83 bits per heavy atom. The zero-order chi connectivity index (χ0) is 16.9. The average Bonchev–Trinajstić information content (AvgIpc) is 2.96. The van der Waals surface area contributed by atoms with Crippen molar-refractivity contribution in [1.82, 2.24) is 15.3 Å². The van der Waals surface area contributed by atoms with E-state index in [4.69, 9.17) is 0 Å². The van der Waals surface area contributed by atoms with Gasteiger partial charge in [-0.25, -0.2) is 9.37 Å². The number of nitrogens with one attached hydrogen (secondary N) is 2. The summed E-state index contributed by atoms with van der Waals surface area (Å²) in [6.07, 6.45) is 3.85. The number of hydrogen-bond donors (Lipinski definition) is 2. The molecule has 0 spiro atoms. The number of carbonyl (C=O) groups is 1. The summed E-state index contributed by atoms with van der Waals surface area (Å²) in [7, 11) is 0. The lowest BCUT2D eigenvalue weighted by atomic mass is 10.1. The standard InChI is InChI=1S/C19H18FN3O/c1-13-2-4-14(5-3-13)6-9-19(24)21-11-10-18-22-16-8-7-15(20)12-17(16)23-18/h2-9,12H,10-11H2,1H3,(H,21,24)(H,22,23)/b9-6+. The summed E-state index contributed by atoms with van der Waals surface area (Å²) < 4.78 is 13.1. The number of benzene rings is 2. The number of rotatable bonds is 5. The van der Waals surface area contributed by atoms with Gasteiger partial charge >= 0.3 is 0 Å². The Kier molecular flexibility index (Phi) is 4.70. The van der Waals surface area contributed by atoms with E-state index >= 15 is 0 Å². The van der Waals surface area contributed by atoms with Crippen LogP contribution in [0, 0.1) is 12.7 Å². The van der Waals surface area contributed by atoms with Crippen molar-refractivity contribution >= 4 is 23.0 Å². The Morgan fingerprint density at radius 2 is 2.04 bits per heavy atom. The van der Waals surface area contributed by atoms with Crippen molar-refractivity contribution in [3.05, 3.63) is 71.3 Å². The molecule has 2 aromatic carbocycles. The van der Waals surface area contributed by atoms with Crippen LogP contribution in [0.15, 0.2) is 48.5 Å². The van der Waals surface area contributed by atoms with Crippen molar-refractivity contribution in [2.24, 2.45) is 0 Å². The third kappa shape index (κ3) is 4.07. The molecule has 4 nitrogen and oxygen atoms in total. The van der Waals surface area contributed by atoms with Gasteiger partial charge in [-0.2, -0.15) is 0 Å². The van der Waals surface area contributed by atoms with Crippen LogP contribution in [0.5, 0.6) is 0 Å². The van der Waals surface area contributed by atoms with Crippen molar-refractivity contribution in [1.29, 1.82) is 0 Å². The molecule has 24 heavy (non-hydrogen) atoms. The van der Waals surface area contributed by atoms with Gasteiger partial charge in [0.1, 0.15) is 11.6 Å². The van der Waals surface area contributed by atoms with Gasteiger partial charge in [0.05, 0.1) is 11.0 Å². The van der Waals surface area contributed by atoms with Gasteiger partial charge in [0.15, 0.2) is 0 Å². The van der Waals surface area contributed by atoms with E-state index in [1.807, 2.05) is 31.2 Å². The molecule has 122 valence electrons. The number of halogens is 1. The fourth-order valence-corrected chi connectivity index (χ4v) is 2.37. The largest absolute Gasteiger partial charge is 0.352 e. The van der Waals surface area contributed by atoms with Gasteiger partial charge in [-0.1, -0.05) is 29.8 Å². The predicted molar refractivity (Wildman–Crippen MR) is 93.0 cm³/mol. The quantitative estimate of drug-likeness (QED) is 0.707. The highest BCUT2D eigenvalue weighted by atomic mass is 19.1. The van der Waals surface area contributed by atoms with Gasteiger partial charge in [-0.05, 0) is 36.8 Å². The second kappa shape index (κ2) is 7.08. The normalized spacial score (nSPS) is 11.2. The van der Waals surface area contributed by atoms with Gasteiger partial charge in [0, 0.05) is 19.0 Å². The summed E-state index contributed by atoms with van der Waals surface area (Å²) in [5.74, 6) is 0.267. The van der Waals surface area contributed by atoms with Crippen molar-refractivity contribution in [3.8, 4) is 0 Å². The summed E-state index contributed by atoms with van der Waals surface area (Å²) in [4.78, 5) is 19.2. The van der Waals surface area contributed by atoms with E-state index in [0.717, 1.165) is 16.9 Å². The molecule has 0 atom stereocenters. The highest BCUT2D eigenvalue weighted by molar-refractivity contribution is 5.91. The number of aromatic amines is 1. The maximum atomic E-state index is 13.1. The van der Waals surface area contributed by atoms with Gasteiger partial charge in [0.25, 0.3) is 0 Å². The summed E-state index contributed by atoms with van der Waals surface area (Å²) in [6.45, 7) is 2.48. The van der Waals surface area contributed by atoms with Gasteiger partial charge in [0.2, 0.25) is 5.91 Å². The number of aryl methyl sites for hydroxylation is 1. The molecule has 0 aliphatic rings. The molecule has 0 fully saturated rings. The molecule has 3 rings (SSSR count). The van der Waals surface area contributed by atoms with E-state index in [2.05, 4.69) is 15.3 Å². The molecular formula is C19H18FN3O. The summed E-state index contributed by atoms with van der Waals surface area (Å²) >= 11 is 0. The molecule has 3 aromatic rings. The molecular weight excluding hydrogens is 305 g/mol.